The van der Waals surface area contributed by atoms with Crippen LogP contribution in [0.4, 0.5) is 0 Å². The van der Waals surface area contributed by atoms with Gasteiger partial charge < -0.3 is 15.1 Å². The molecule has 0 aliphatic carbocycles. The minimum atomic E-state index is 0.201. The third-order valence-corrected chi connectivity index (χ3v) is 5.20. The van der Waals surface area contributed by atoms with Crippen molar-refractivity contribution in [2.24, 2.45) is 0 Å². The maximum absolute atomic E-state index is 12.0. The van der Waals surface area contributed by atoms with E-state index in [2.05, 4.69) is 57.3 Å². The number of hydrogen-bond donors (Lipinski definition) is 3. The van der Waals surface area contributed by atoms with Gasteiger partial charge in [0.2, 0.25) is 0 Å². The Hall–Kier alpha value is -1.39. The fourth-order valence-electron chi connectivity index (χ4n) is 3.27. The van der Waals surface area contributed by atoms with Crippen LogP contribution in [-0.2, 0) is 11.3 Å². The number of rotatable bonds is 7. The van der Waals surface area contributed by atoms with Crippen molar-refractivity contribution in [1.29, 1.82) is 0 Å². The minimum absolute atomic E-state index is 0.201. The molecule has 0 spiro atoms. The average molecular weight is 334 g/mol. The first kappa shape index (κ1) is 18.9. The fraction of sp³-hybridized carbons (Fsp3) is 0.650. The van der Waals surface area contributed by atoms with Crippen molar-refractivity contribution in [1.82, 2.24) is 5.32 Å². The number of nitrogens with one attached hydrogen (secondary N) is 3. The van der Waals surface area contributed by atoms with E-state index in [1.165, 1.54) is 16.0 Å². The zero-order chi connectivity index (χ0) is 17.5. The monoisotopic (exact) mass is 333 g/mol. The lowest BCUT2D eigenvalue weighted by molar-refractivity contribution is -1.02. The molecule has 1 aliphatic heterocycles. The largest absolute Gasteiger partial charge is 0.349 e. The number of quaternary nitrogens is 2. The molecule has 24 heavy (non-hydrogen) atoms. The van der Waals surface area contributed by atoms with Gasteiger partial charge >= 0.3 is 0 Å². The Kier molecular flexibility index (Phi) is 7.25. The highest BCUT2D eigenvalue weighted by Gasteiger charge is 2.25. The summed E-state index contributed by atoms with van der Waals surface area (Å²) in [5, 5.41) is 3.08. The van der Waals surface area contributed by atoms with E-state index in [0.717, 1.165) is 39.1 Å². The predicted octanol–water partition coefficient (Wildman–Crippen LogP) is 0.00810. The van der Waals surface area contributed by atoms with Crippen molar-refractivity contribution < 1.29 is 14.6 Å². The lowest BCUT2D eigenvalue weighted by atomic mass is 10.0. The number of hydrogen-bond acceptors (Lipinski definition) is 1. The number of piperazine rings is 1. The fourth-order valence-corrected chi connectivity index (χ4v) is 3.27. The van der Waals surface area contributed by atoms with Crippen LogP contribution in [0.2, 0.25) is 0 Å². The van der Waals surface area contributed by atoms with Crippen molar-refractivity contribution in [2.45, 2.75) is 52.6 Å². The molecule has 3 N–H and O–H groups in total. The summed E-state index contributed by atoms with van der Waals surface area (Å²) in [4.78, 5) is 15.1. The molecule has 1 amide bonds. The summed E-state index contributed by atoms with van der Waals surface area (Å²) < 4.78 is 0. The van der Waals surface area contributed by atoms with Gasteiger partial charge in [-0.3, -0.25) is 4.79 Å². The van der Waals surface area contributed by atoms with Crippen molar-refractivity contribution in [3.63, 3.8) is 0 Å². The number of carbonyl (C=O) groups excluding carboxylic acids is 1. The molecule has 2 rings (SSSR count). The van der Waals surface area contributed by atoms with Gasteiger partial charge in [0.05, 0.1) is 0 Å². The first-order valence-corrected chi connectivity index (χ1v) is 9.53. The Labute approximate surface area is 147 Å². The van der Waals surface area contributed by atoms with Crippen LogP contribution in [0, 0.1) is 0 Å². The Morgan fingerprint density at radius 2 is 1.62 bits per heavy atom. The van der Waals surface area contributed by atoms with Gasteiger partial charge in [-0.25, -0.2) is 0 Å². The molecule has 0 aromatic heterocycles. The summed E-state index contributed by atoms with van der Waals surface area (Å²) in [5.41, 5.74) is 2.84. The normalized spacial score (nSPS) is 22.4. The van der Waals surface area contributed by atoms with Gasteiger partial charge in [0.1, 0.15) is 32.7 Å². The second-order valence-electron chi connectivity index (χ2n) is 7.63. The molecule has 0 radical (unpaired) electrons. The van der Waals surface area contributed by atoms with Gasteiger partial charge in [0.15, 0.2) is 6.54 Å². The van der Waals surface area contributed by atoms with Crippen molar-refractivity contribution >= 4 is 5.91 Å². The second-order valence-corrected chi connectivity index (χ2v) is 7.63. The summed E-state index contributed by atoms with van der Waals surface area (Å²) in [6.07, 6.45) is 0.995. The highest BCUT2D eigenvalue weighted by molar-refractivity contribution is 5.77. The van der Waals surface area contributed by atoms with Crippen LogP contribution in [-0.4, -0.2) is 44.7 Å². The zero-order valence-electron chi connectivity index (χ0n) is 15.8. The third kappa shape index (κ3) is 5.91. The maximum Gasteiger partial charge on any atom is 0.275 e. The standard InChI is InChI=1S/C20H33N3O/c1-5-17(4)21-20(24)15-23-12-10-22(11-13-23)14-18-6-8-19(9-7-18)16(2)3/h6-9,16-17H,5,10-15H2,1-4H3,(H,21,24)/p+2/t17-/m1/s1. The Bertz CT molecular complexity index is 504. The number of amides is 1. The Morgan fingerprint density at radius 1 is 1.04 bits per heavy atom. The topological polar surface area (TPSA) is 38.0 Å². The molecular formula is C20H35N3O+2. The molecule has 1 heterocycles. The molecule has 0 unspecified atom stereocenters. The summed E-state index contributed by atoms with van der Waals surface area (Å²) >= 11 is 0. The summed E-state index contributed by atoms with van der Waals surface area (Å²) in [6.45, 7) is 14.9. The molecule has 1 saturated heterocycles. The maximum atomic E-state index is 12.0. The van der Waals surface area contributed by atoms with Gasteiger partial charge in [-0.15, -0.1) is 0 Å². The lowest BCUT2D eigenvalue weighted by Gasteiger charge is -2.29. The molecule has 1 fully saturated rings. The lowest BCUT2D eigenvalue weighted by Crippen LogP contribution is -3.28. The molecular weight excluding hydrogens is 298 g/mol. The molecule has 134 valence electrons. The molecule has 0 saturated carbocycles. The van der Waals surface area contributed by atoms with Crippen molar-refractivity contribution in [3.8, 4) is 0 Å². The molecule has 4 heteroatoms. The average Bonchev–Trinajstić information content (AvgIpc) is 2.57. The van der Waals surface area contributed by atoms with E-state index < -0.39 is 0 Å². The quantitative estimate of drug-likeness (QED) is 0.646. The molecule has 1 aromatic rings. The predicted molar refractivity (Wildman–Crippen MR) is 98.4 cm³/mol. The number of benzene rings is 1. The van der Waals surface area contributed by atoms with E-state index in [0.29, 0.717) is 12.5 Å². The molecule has 1 aromatic carbocycles. The van der Waals surface area contributed by atoms with Gasteiger partial charge in [-0.05, 0) is 24.8 Å². The van der Waals surface area contributed by atoms with Gasteiger partial charge in [0, 0.05) is 11.6 Å². The first-order chi connectivity index (χ1) is 11.5. The smallest absolute Gasteiger partial charge is 0.275 e. The molecule has 0 bridgehead atoms. The third-order valence-electron chi connectivity index (χ3n) is 5.20. The van der Waals surface area contributed by atoms with Crippen LogP contribution in [0.5, 0.6) is 0 Å². The second kappa shape index (κ2) is 9.19. The zero-order valence-corrected chi connectivity index (χ0v) is 15.8. The van der Waals surface area contributed by atoms with Crippen molar-refractivity contribution in [3.05, 3.63) is 35.4 Å². The molecule has 1 aliphatic rings. The Morgan fingerprint density at radius 3 is 2.17 bits per heavy atom. The van der Waals surface area contributed by atoms with E-state index in [9.17, 15) is 4.79 Å². The van der Waals surface area contributed by atoms with Crippen molar-refractivity contribution in [2.75, 3.05) is 32.7 Å². The van der Waals surface area contributed by atoms with E-state index in [-0.39, 0.29) is 11.9 Å². The van der Waals surface area contributed by atoms with Gasteiger partial charge in [0.25, 0.3) is 5.91 Å². The minimum Gasteiger partial charge on any atom is -0.349 e. The molecule has 1 atom stereocenters. The first-order valence-electron chi connectivity index (χ1n) is 9.53. The highest BCUT2D eigenvalue weighted by Crippen LogP contribution is 2.14. The Balaban J connectivity index is 1.73. The van der Waals surface area contributed by atoms with E-state index in [4.69, 9.17) is 0 Å². The highest BCUT2D eigenvalue weighted by atomic mass is 16.2. The SMILES string of the molecule is CC[C@@H](C)NC(=O)C[NH+]1CC[NH+](Cc2ccc(C(C)C)cc2)CC1. The molecule has 4 nitrogen and oxygen atoms in total. The van der Waals surface area contributed by atoms with Crippen LogP contribution >= 0.6 is 0 Å². The summed E-state index contributed by atoms with van der Waals surface area (Å²) in [7, 11) is 0. The van der Waals surface area contributed by atoms with E-state index in [1.807, 2.05) is 0 Å². The van der Waals surface area contributed by atoms with Crippen LogP contribution in [0.1, 0.15) is 51.2 Å². The van der Waals surface area contributed by atoms with Gasteiger partial charge in [-0.1, -0.05) is 45.0 Å². The van der Waals surface area contributed by atoms with Gasteiger partial charge in [-0.2, -0.15) is 0 Å². The van der Waals surface area contributed by atoms with Crippen LogP contribution in [0.15, 0.2) is 24.3 Å². The van der Waals surface area contributed by atoms with E-state index >= 15 is 0 Å². The summed E-state index contributed by atoms with van der Waals surface area (Å²) in [5.74, 6) is 0.798. The van der Waals surface area contributed by atoms with E-state index in [1.54, 1.807) is 4.90 Å². The van der Waals surface area contributed by atoms with Crippen LogP contribution in [0.25, 0.3) is 0 Å². The van der Waals surface area contributed by atoms with Crippen LogP contribution in [0.3, 0.4) is 0 Å². The van der Waals surface area contributed by atoms with Crippen LogP contribution < -0.4 is 15.1 Å². The summed E-state index contributed by atoms with van der Waals surface area (Å²) in [6, 6.07) is 9.38. The number of carbonyl (C=O) groups is 1.